The van der Waals surface area contributed by atoms with Crippen LogP contribution in [0.5, 0.6) is 0 Å². The van der Waals surface area contributed by atoms with Gasteiger partial charge in [-0.15, -0.1) is 0 Å². The average Bonchev–Trinajstić information content (AvgIpc) is 2.91. The van der Waals surface area contributed by atoms with Crippen molar-refractivity contribution in [3.05, 3.63) is 34.5 Å². The van der Waals surface area contributed by atoms with E-state index in [9.17, 15) is 9.59 Å². The minimum absolute atomic E-state index is 0.102. The fraction of sp³-hybridized carbons (Fsp3) is 0.429. The van der Waals surface area contributed by atoms with Crippen LogP contribution in [0.2, 0.25) is 0 Å². The Bertz CT molecular complexity index is 443. The van der Waals surface area contributed by atoms with Crippen LogP contribution < -0.4 is 10.6 Å². The van der Waals surface area contributed by atoms with Crippen molar-refractivity contribution in [3.63, 3.8) is 0 Å². The maximum Gasteiger partial charge on any atom is 0.252 e. The highest BCUT2D eigenvalue weighted by molar-refractivity contribution is 7.08. The molecule has 6 heteroatoms. The Morgan fingerprint density at radius 1 is 1.35 bits per heavy atom. The maximum absolute atomic E-state index is 11.6. The molecule has 0 radical (unpaired) electrons. The van der Waals surface area contributed by atoms with Gasteiger partial charge >= 0.3 is 0 Å². The van der Waals surface area contributed by atoms with Gasteiger partial charge in [0.05, 0.1) is 13.2 Å². The summed E-state index contributed by atoms with van der Waals surface area (Å²) in [6.45, 7) is 7.35. The van der Waals surface area contributed by atoms with Crippen LogP contribution in [0.15, 0.2) is 29.0 Å². The van der Waals surface area contributed by atoms with Gasteiger partial charge in [-0.25, -0.2) is 0 Å². The highest BCUT2D eigenvalue weighted by Gasteiger charge is 2.06. The average molecular weight is 296 g/mol. The first-order chi connectivity index (χ1) is 9.59. The Balaban J connectivity index is 2.03. The summed E-state index contributed by atoms with van der Waals surface area (Å²) in [5.74, 6) is -0.251. The second-order valence-corrected chi connectivity index (χ2v) is 5.16. The molecule has 0 bridgehead atoms. The molecule has 0 fully saturated rings. The summed E-state index contributed by atoms with van der Waals surface area (Å²) in [6, 6.07) is 1.75. The lowest BCUT2D eigenvalue weighted by molar-refractivity contribution is -0.121. The van der Waals surface area contributed by atoms with Gasteiger partial charge in [0.2, 0.25) is 5.91 Å². The topological polar surface area (TPSA) is 67.4 Å². The maximum atomic E-state index is 11.6. The molecule has 0 aliphatic heterocycles. The third-order valence-corrected chi connectivity index (χ3v) is 3.02. The smallest absolute Gasteiger partial charge is 0.252 e. The summed E-state index contributed by atoms with van der Waals surface area (Å²) in [5.41, 5.74) is 1.58. The van der Waals surface area contributed by atoms with Crippen molar-refractivity contribution in [2.75, 3.05) is 26.3 Å². The summed E-state index contributed by atoms with van der Waals surface area (Å²) < 4.78 is 5.25. The van der Waals surface area contributed by atoms with E-state index in [2.05, 4.69) is 17.2 Å². The third-order valence-electron chi connectivity index (χ3n) is 2.34. The molecule has 0 aliphatic carbocycles. The van der Waals surface area contributed by atoms with E-state index in [1.54, 1.807) is 11.4 Å². The monoisotopic (exact) mass is 296 g/mol. The van der Waals surface area contributed by atoms with Gasteiger partial charge in [0.1, 0.15) is 0 Å². The number of carbonyl (C=O) groups is 2. The van der Waals surface area contributed by atoms with Gasteiger partial charge in [0.25, 0.3) is 5.91 Å². The summed E-state index contributed by atoms with van der Waals surface area (Å²) in [7, 11) is 0. The molecule has 0 unspecified atom stereocenters. The second kappa shape index (κ2) is 9.28. The normalized spacial score (nSPS) is 10.1. The fourth-order valence-electron chi connectivity index (χ4n) is 1.38. The minimum atomic E-state index is -0.149. The molecule has 0 spiro atoms. The lowest BCUT2D eigenvalue weighted by Crippen LogP contribution is -2.32. The number of hydrogen-bond donors (Lipinski definition) is 2. The summed E-state index contributed by atoms with van der Waals surface area (Å²) in [4.78, 5) is 23.1. The van der Waals surface area contributed by atoms with Crippen LogP contribution in [0.4, 0.5) is 0 Å². The van der Waals surface area contributed by atoms with Crippen molar-refractivity contribution in [1.29, 1.82) is 0 Å². The predicted molar refractivity (Wildman–Crippen MR) is 79.9 cm³/mol. The fourth-order valence-corrected chi connectivity index (χ4v) is 2.02. The number of amides is 2. The molecule has 0 aromatic carbocycles. The van der Waals surface area contributed by atoms with E-state index < -0.39 is 0 Å². The zero-order valence-electron chi connectivity index (χ0n) is 11.6. The van der Waals surface area contributed by atoms with Crippen molar-refractivity contribution < 1.29 is 14.3 Å². The first-order valence-electron chi connectivity index (χ1n) is 6.39. The van der Waals surface area contributed by atoms with Crippen LogP contribution in [0, 0.1) is 0 Å². The van der Waals surface area contributed by atoms with Gasteiger partial charge in [-0.3, -0.25) is 9.59 Å². The zero-order valence-corrected chi connectivity index (χ0v) is 12.4. The van der Waals surface area contributed by atoms with Crippen molar-refractivity contribution in [1.82, 2.24) is 10.6 Å². The standard InChI is InChI=1S/C14H20N2O3S/c1-11(2)9-19-7-6-15-13(17)3-5-16-14(18)12-4-8-20-10-12/h4,8,10H,1,3,5-7,9H2,2H3,(H,15,17)(H,16,18). The van der Waals surface area contributed by atoms with Crippen LogP contribution in [0.1, 0.15) is 23.7 Å². The predicted octanol–water partition coefficient (Wildman–Crippen LogP) is 1.58. The van der Waals surface area contributed by atoms with Gasteiger partial charge in [-0.2, -0.15) is 11.3 Å². The molecule has 0 saturated heterocycles. The molecular formula is C14H20N2O3S. The number of hydrogen-bond acceptors (Lipinski definition) is 4. The van der Waals surface area contributed by atoms with Crippen LogP contribution in [-0.4, -0.2) is 38.1 Å². The molecule has 1 rings (SSSR count). The molecule has 0 saturated carbocycles. The molecular weight excluding hydrogens is 276 g/mol. The van der Waals surface area contributed by atoms with Crippen LogP contribution in [-0.2, 0) is 9.53 Å². The first-order valence-corrected chi connectivity index (χ1v) is 7.33. The Labute approximate surface area is 123 Å². The zero-order chi connectivity index (χ0) is 14.8. The van der Waals surface area contributed by atoms with E-state index in [0.717, 1.165) is 5.57 Å². The van der Waals surface area contributed by atoms with Gasteiger partial charge in [-0.1, -0.05) is 12.2 Å². The number of ether oxygens (including phenoxy) is 1. The van der Waals surface area contributed by atoms with Gasteiger partial charge in [0, 0.05) is 30.5 Å². The Hall–Kier alpha value is -1.66. The molecule has 0 atom stereocenters. The van der Waals surface area contributed by atoms with E-state index >= 15 is 0 Å². The largest absolute Gasteiger partial charge is 0.375 e. The Morgan fingerprint density at radius 2 is 2.15 bits per heavy atom. The highest BCUT2D eigenvalue weighted by atomic mass is 32.1. The second-order valence-electron chi connectivity index (χ2n) is 4.38. The molecule has 5 nitrogen and oxygen atoms in total. The van der Waals surface area contributed by atoms with E-state index in [4.69, 9.17) is 4.74 Å². The van der Waals surface area contributed by atoms with Crippen molar-refractivity contribution in [3.8, 4) is 0 Å². The van der Waals surface area contributed by atoms with Crippen LogP contribution in [0.3, 0.4) is 0 Å². The quantitative estimate of drug-likeness (QED) is 0.537. The number of rotatable bonds is 9. The van der Waals surface area contributed by atoms with Crippen molar-refractivity contribution >= 4 is 23.2 Å². The summed E-state index contributed by atoms with van der Waals surface area (Å²) in [6.07, 6.45) is 0.260. The molecule has 0 aliphatic rings. The Kier molecular flexibility index (Phi) is 7.60. The molecule has 2 N–H and O–H groups in total. The van der Waals surface area contributed by atoms with Gasteiger partial charge in [0.15, 0.2) is 0 Å². The molecule has 110 valence electrons. The van der Waals surface area contributed by atoms with Crippen molar-refractivity contribution in [2.24, 2.45) is 0 Å². The van der Waals surface area contributed by atoms with Gasteiger partial charge in [-0.05, 0) is 18.4 Å². The third kappa shape index (κ3) is 7.06. The molecule has 1 aromatic heterocycles. The molecule has 2 amide bonds. The minimum Gasteiger partial charge on any atom is -0.375 e. The molecule has 20 heavy (non-hydrogen) atoms. The van der Waals surface area contributed by atoms with E-state index in [1.807, 2.05) is 12.3 Å². The lowest BCUT2D eigenvalue weighted by atomic mass is 10.3. The highest BCUT2D eigenvalue weighted by Crippen LogP contribution is 2.04. The van der Waals surface area contributed by atoms with Crippen LogP contribution >= 0.6 is 11.3 Å². The first kappa shape index (κ1) is 16.4. The van der Waals surface area contributed by atoms with E-state index in [-0.39, 0.29) is 18.2 Å². The lowest BCUT2D eigenvalue weighted by Gasteiger charge is -2.07. The summed E-state index contributed by atoms with van der Waals surface area (Å²) >= 11 is 1.47. The van der Waals surface area contributed by atoms with Gasteiger partial charge < -0.3 is 15.4 Å². The van der Waals surface area contributed by atoms with E-state index in [0.29, 0.717) is 31.9 Å². The SMILES string of the molecule is C=C(C)COCCNC(=O)CCNC(=O)c1ccsc1. The molecule has 1 heterocycles. The summed E-state index contributed by atoms with van der Waals surface area (Å²) in [5, 5.41) is 9.03. The number of carbonyl (C=O) groups excluding carboxylic acids is 2. The van der Waals surface area contributed by atoms with E-state index in [1.165, 1.54) is 11.3 Å². The number of thiophene rings is 1. The van der Waals surface area contributed by atoms with Crippen molar-refractivity contribution in [2.45, 2.75) is 13.3 Å². The Morgan fingerprint density at radius 3 is 2.80 bits per heavy atom. The van der Waals surface area contributed by atoms with Crippen LogP contribution in [0.25, 0.3) is 0 Å². The molecule has 1 aromatic rings. The number of nitrogens with one attached hydrogen (secondary N) is 2.